The molecule has 0 aromatic heterocycles. The van der Waals surface area contributed by atoms with Crippen molar-refractivity contribution in [3.63, 3.8) is 0 Å². The number of carbonyl (C=O) groups is 2. The standard InChI is InChI=1S/C12H21NO4S/c1-9-6-13(7-10(9)12(15)17-3)11(14)8-18-5-4-16-2/h9-10H,4-8H2,1-3H3. The number of hydrogen-bond donors (Lipinski definition) is 0. The van der Waals surface area contributed by atoms with Crippen molar-refractivity contribution in [3.05, 3.63) is 0 Å². The molecule has 0 saturated carbocycles. The molecule has 1 aliphatic rings. The Kier molecular flexibility index (Phi) is 6.49. The number of ether oxygens (including phenoxy) is 2. The van der Waals surface area contributed by atoms with Crippen LogP contribution in [0.1, 0.15) is 6.92 Å². The number of methoxy groups -OCH3 is 2. The Morgan fingerprint density at radius 1 is 1.33 bits per heavy atom. The molecule has 0 aromatic rings. The molecule has 18 heavy (non-hydrogen) atoms. The molecule has 1 heterocycles. The maximum atomic E-state index is 11.9. The van der Waals surface area contributed by atoms with E-state index in [2.05, 4.69) is 0 Å². The molecule has 1 fully saturated rings. The number of thioether (sulfide) groups is 1. The van der Waals surface area contributed by atoms with Gasteiger partial charge in [-0.25, -0.2) is 0 Å². The van der Waals surface area contributed by atoms with Crippen LogP contribution in [0.2, 0.25) is 0 Å². The monoisotopic (exact) mass is 275 g/mol. The molecule has 5 nitrogen and oxygen atoms in total. The maximum Gasteiger partial charge on any atom is 0.310 e. The summed E-state index contributed by atoms with van der Waals surface area (Å²) in [5.74, 6) is 1.13. The highest BCUT2D eigenvalue weighted by atomic mass is 32.2. The Bertz CT molecular complexity index is 298. The second kappa shape index (κ2) is 7.63. The summed E-state index contributed by atoms with van der Waals surface area (Å²) in [5.41, 5.74) is 0. The average molecular weight is 275 g/mol. The number of nitrogens with zero attached hydrogens (tertiary/aromatic N) is 1. The van der Waals surface area contributed by atoms with Crippen LogP contribution in [0.4, 0.5) is 0 Å². The number of esters is 1. The van der Waals surface area contributed by atoms with Gasteiger partial charge < -0.3 is 14.4 Å². The van der Waals surface area contributed by atoms with Crippen LogP contribution >= 0.6 is 11.8 Å². The Balaban J connectivity index is 2.35. The van der Waals surface area contributed by atoms with Crippen LogP contribution in [-0.2, 0) is 19.1 Å². The summed E-state index contributed by atoms with van der Waals surface area (Å²) in [4.78, 5) is 25.2. The van der Waals surface area contributed by atoms with Gasteiger partial charge in [0.05, 0.1) is 25.4 Å². The molecule has 0 radical (unpaired) electrons. The van der Waals surface area contributed by atoms with Gasteiger partial charge in [0, 0.05) is 26.0 Å². The Labute approximate surface area is 112 Å². The van der Waals surface area contributed by atoms with Gasteiger partial charge in [-0.15, -0.1) is 11.8 Å². The number of carbonyl (C=O) groups excluding carboxylic acids is 2. The van der Waals surface area contributed by atoms with Crippen molar-refractivity contribution in [1.82, 2.24) is 4.90 Å². The molecular formula is C12H21NO4S. The fraction of sp³-hybridized carbons (Fsp3) is 0.833. The molecule has 0 N–H and O–H groups in total. The van der Waals surface area contributed by atoms with Gasteiger partial charge in [0.25, 0.3) is 0 Å². The topological polar surface area (TPSA) is 55.8 Å². The SMILES string of the molecule is COCCSCC(=O)N1CC(C)C(C(=O)OC)C1. The quantitative estimate of drug-likeness (QED) is 0.526. The first-order chi connectivity index (χ1) is 8.60. The number of likely N-dealkylation sites (tertiary alicyclic amines) is 1. The molecule has 1 amide bonds. The van der Waals surface area contributed by atoms with E-state index >= 15 is 0 Å². The van der Waals surface area contributed by atoms with E-state index in [4.69, 9.17) is 9.47 Å². The molecule has 1 saturated heterocycles. The Hall–Kier alpha value is -0.750. The van der Waals surface area contributed by atoms with Crippen molar-refractivity contribution in [2.45, 2.75) is 6.92 Å². The molecule has 1 aliphatic heterocycles. The normalized spacial score (nSPS) is 23.2. The van der Waals surface area contributed by atoms with Crippen molar-refractivity contribution in [2.75, 3.05) is 45.4 Å². The first-order valence-corrected chi connectivity index (χ1v) is 7.18. The molecule has 0 aliphatic carbocycles. The lowest BCUT2D eigenvalue weighted by Gasteiger charge is -2.15. The van der Waals surface area contributed by atoms with E-state index in [1.54, 1.807) is 23.8 Å². The summed E-state index contributed by atoms with van der Waals surface area (Å²) < 4.78 is 9.67. The minimum atomic E-state index is -0.218. The van der Waals surface area contributed by atoms with E-state index in [0.717, 1.165) is 5.75 Å². The number of hydrogen-bond acceptors (Lipinski definition) is 5. The molecule has 6 heteroatoms. The van der Waals surface area contributed by atoms with Crippen LogP contribution in [0.3, 0.4) is 0 Å². The summed E-state index contributed by atoms with van der Waals surface area (Å²) in [7, 11) is 3.03. The average Bonchev–Trinajstić information content (AvgIpc) is 2.75. The molecule has 0 bridgehead atoms. The van der Waals surface area contributed by atoms with Gasteiger partial charge in [-0.05, 0) is 5.92 Å². The number of rotatable bonds is 6. The third-order valence-corrected chi connectivity index (χ3v) is 4.03. The molecule has 0 aromatic carbocycles. The van der Waals surface area contributed by atoms with Gasteiger partial charge in [0.1, 0.15) is 0 Å². The van der Waals surface area contributed by atoms with Crippen LogP contribution in [-0.4, -0.2) is 62.2 Å². The zero-order chi connectivity index (χ0) is 13.5. The molecule has 1 rings (SSSR count). The largest absolute Gasteiger partial charge is 0.469 e. The summed E-state index contributed by atoms with van der Waals surface area (Å²) in [6.45, 7) is 3.76. The molecular weight excluding hydrogens is 254 g/mol. The van der Waals surface area contributed by atoms with Crippen molar-refractivity contribution in [1.29, 1.82) is 0 Å². The van der Waals surface area contributed by atoms with Gasteiger partial charge in [-0.3, -0.25) is 9.59 Å². The second-order valence-corrected chi connectivity index (χ2v) is 5.56. The first kappa shape index (κ1) is 15.3. The zero-order valence-corrected chi connectivity index (χ0v) is 12.0. The van der Waals surface area contributed by atoms with Crippen molar-refractivity contribution in [3.8, 4) is 0 Å². The summed E-state index contributed by atoms with van der Waals surface area (Å²) in [6.07, 6.45) is 0. The molecule has 104 valence electrons. The van der Waals surface area contributed by atoms with E-state index in [0.29, 0.717) is 25.4 Å². The van der Waals surface area contributed by atoms with E-state index in [-0.39, 0.29) is 23.7 Å². The van der Waals surface area contributed by atoms with Crippen LogP contribution in [0.5, 0.6) is 0 Å². The van der Waals surface area contributed by atoms with E-state index in [9.17, 15) is 9.59 Å². The third-order valence-electron chi connectivity index (χ3n) is 3.13. The predicted molar refractivity (Wildman–Crippen MR) is 70.5 cm³/mol. The van der Waals surface area contributed by atoms with E-state index < -0.39 is 0 Å². The molecule has 0 spiro atoms. The summed E-state index contributed by atoms with van der Waals surface area (Å²) >= 11 is 1.56. The Morgan fingerprint density at radius 3 is 2.67 bits per heavy atom. The summed E-state index contributed by atoms with van der Waals surface area (Å²) in [6, 6.07) is 0. The fourth-order valence-electron chi connectivity index (χ4n) is 2.02. The highest BCUT2D eigenvalue weighted by Crippen LogP contribution is 2.24. The van der Waals surface area contributed by atoms with Gasteiger partial charge in [-0.2, -0.15) is 0 Å². The third kappa shape index (κ3) is 4.17. The van der Waals surface area contributed by atoms with Gasteiger partial charge in [0.2, 0.25) is 5.91 Å². The lowest BCUT2D eigenvalue weighted by atomic mass is 9.99. The van der Waals surface area contributed by atoms with Crippen LogP contribution < -0.4 is 0 Å². The van der Waals surface area contributed by atoms with Gasteiger partial charge in [0.15, 0.2) is 0 Å². The summed E-state index contributed by atoms with van der Waals surface area (Å²) in [5, 5.41) is 0. The lowest BCUT2D eigenvalue weighted by Crippen LogP contribution is -2.31. The van der Waals surface area contributed by atoms with Crippen molar-refractivity contribution < 1.29 is 19.1 Å². The van der Waals surface area contributed by atoms with E-state index in [1.807, 2.05) is 6.92 Å². The van der Waals surface area contributed by atoms with E-state index in [1.165, 1.54) is 7.11 Å². The van der Waals surface area contributed by atoms with Gasteiger partial charge in [-0.1, -0.05) is 6.92 Å². The lowest BCUT2D eigenvalue weighted by molar-refractivity contribution is -0.146. The first-order valence-electron chi connectivity index (χ1n) is 6.02. The second-order valence-electron chi connectivity index (χ2n) is 4.45. The predicted octanol–water partition coefficient (Wildman–Crippen LogP) is 0.633. The van der Waals surface area contributed by atoms with Crippen LogP contribution in [0.15, 0.2) is 0 Å². The smallest absolute Gasteiger partial charge is 0.310 e. The van der Waals surface area contributed by atoms with Gasteiger partial charge >= 0.3 is 5.97 Å². The Morgan fingerprint density at radius 2 is 2.06 bits per heavy atom. The maximum absolute atomic E-state index is 11.9. The van der Waals surface area contributed by atoms with Crippen molar-refractivity contribution >= 4 is 23.6 Å². The zero-order valence-electron chi connectivity index (χ0n) is 11.2. The minimum absolute atomic E-state index is 0.0920. The van der Waals surface area contributed by atoms with Crippen LogP contribution in [0, 0.1) is 11.8 Å². The van der Waals surface area contributed by atoms with Crippen LogP contribution in [0.25, 0.3) is 0 Å². The molecule has 2 unspecified atom stereocenters. The highest BCUT2D eigenvalue weighted by Gasteiger charge is 2.37. The highest BCUT2D eigenvalue weighted by molar-refractivity contribution is 7.99. The molecule has 2 atom stereocenters. The van der Waals surface area contributed by atoms with Crippen molar-refractivity contribution in [2.24, 2.45) is 11.8 Å². The number of amides is 1. The fourth-order valence-corrected chi connectivity index (χ4v) is 2.81. The minimum Gasteiger partial charge on any atom is -0.469 e.